The van der Waals surface area contributed by atoms with Crippen LogP contribution in [0.15, 0.2) is 0 Å². The number of esters is 1. The number of unbranched alkanes of at least 4 members (excludes halogenated alkanes) is 1. The highest BCUT2D eigenvalue weighted by Crippen LogP contribution is 2.16. The first kappa shape index (κ1) is 11.5. The second-order valence-corrected chi connectivity index (χ2v) is 3.56. The van der Waals surface area contributed by atoms with Crippen LogP contribution in [0.4, 0.5) is 0 Å². The van der Waals surface area contributed by atoms with Crippen LogP contribution in [0.1, 0.15) is 26.2 Å². The first-order valence-corrected chi connectivity index (χ1v) is 5.18. The zero-order chi connectivity index (χ0) is 10.4. The van der Waals surface area contributed by atoms with E-state index < -0.39 is 12.0 Å². The van der Waals surface area contributed by atoms with Crippen LogP contribution in [-0.2, 0) is 14.3 Å². The Kier molecular flexibility index (Phi) is 4.90. The molecule has 4 nitrogen and oxygen atoms in total. The van der Waals surface area contributed by atoms with Crippen molar-refractivity contribution in [2.24, 2.45) is 5.92 Å². The first-order chi connectivity index (χ1) is 6.75. The van der Waals surface area contributed by atoms with Crippen LogP contribution >= 0.6 is 0 Å². The molecule has 0 amide bonds. The molecule has 1 fully saturated rings. The highest BCUT2D eigenvalue weighted by Gasteiger charge is 2.31. The number of carbonyl (C=O) groups is 1. The predicted octanol–water partition coefficient (Wildman–Crippen LogP) is 0.727. The molecule has 1 saturated heterocycles. The maximum absolute atomic E-state index is 11.4. The lowest BCUT2D eigenvalue weighted by molar-refractivity contribution is -0.160. The summed E-state index contributed by atoms with van der Waals surface area (Å²) >= 11 is 0. The van der Waals surface area contributed by atoms with Crippen molar-refractivity contribution in [1.82, 2.24) is 0 Å². The van der Waals surface area contributed by atoms with Gasteiger partial charge in [-0.05, 0) is 12.8 Å². The van der Waals surface area contributed by atoms with Crippen molar-refractivity contribution >= 4 is 5.97 Å². The Morgan fingerprint density at radius 3 is 3.07 bits per heavy atom. The van der Waals surface area contributed by atoms with Crippen molar-refractivity contribution in [3.63, 3.8) is 0 Å². The molecule has 2 unspecified atom stereocenters. The minimum absolute atomic E-state index is 0.284. The fourth-order valence-corrected chi connectivity index (χ4v) is 1.38. The minimum Gasteiger partial charge on any atom is -0.465 e. The number of hydrogen-bond acceptors (Lipinski definition) is 4. The number of hydrogen-bond donors (Lipinski definition) is 1. The van der Waals surface area contributed by atoms with Crippen LogP contribution in [0.3, 0.4) is 0 Å². The molecule has 1 aliphatic rings. The Morgan fingerprint density at radius 2 is 2.43 bits per heavy atom. The summed E-state index contributed by atoms with van der Waals surface area (Å²) < 4.78 is 10.1. The third kappa shape index (κ3) is 3.27. The number of carbonyl (C=O) groups excluding carboxylic acids is 1. The molecule has 1 aliphatic heterocycles. The zero-order valence-corrected chi connectivity index (χ0v) is 8.57. The number of aliphatic hydroxyl groups excluding tert-OH is 1. The molecule has 4 heteroatoms. The molecule has 14 heavy (non-hydrogen) atoms. The molecular weight excluding hydrogens is 184 g/mol. The Hall–Kier alpha value is -0.610. The van der Waals surface area contributed by atoms with E-state index in [4.69, 9.17) is 9.47 Å². The number of ether oxygens (including phenoxy) is 2. The molecule has 1 N–H and O–H groups in total. The minimum atomic E-state index is -0.599. The molecule has 0 bridgehead atoms. The van der Waals surface area contributed by atoms with Crippen LogP contribution in [0.5, 0.6) is 0 Å². The molecule has 0 aromatic carbocycles. The summed E-state index contributed by atoms with van der Waals surface area (Å²) in [6.45, 7) is 3.29. The summed E-state index contributed by atoms with van der Waals surface area (Å²) in [5, 5.41) is 9.52. The van der Waals surface area contributed by atoms with Crippen molar-refractivity contribution in [3.8, 4) is 0 Å². The van der Waals surface area contributed by atoms with Gasteiger partial charge in [-0.15, -0.1) is 0 Å². The van der Waals surface area contributed by atoms with E-state index >= 15 is 0 Å². The van der Waals surface area contributed by atoms with Gasteiger partial charge in [-0.3, -0.25) is 4.79 Å². The van der Waals surface area contributed by atoms with E-state index in [0.29, 0.717) is 19.6 Å². The van der Waals surface area contributed by atoms with Crippen molar-refractivity contribution < 1.29 is 19.4 Å². The topological polar surface area (TPSA) is 55.8 Å². The van der Waals surface area contributed by atoms with E-state index in [-0.39, 0.29) is 12.6 Å². The van der Waals surface area contributed by atoms with Gasteiger partial charge in [0.25, 0.3) is 0 Å². The molecule has 2 atom stereocenters. The van der Waals surface area contributed by atoms with Gasteiger partial charge in [0.2, 0.25) is 0 Å². The van der Waals surface area contributed by atoms with Gasteiger partial charge in [0.05, 0.1) is 19.3 Å². The molecule has 0 spiro atoms. The van der Waals surface area contributed by atoms with Gasteiger partial charge in [0, 0.05) is 6.61 Å². The lowest BCUT2D eigenvalue weighted by atomic mass is 9.99. The van der Waals surface area contributed by atoms with E-state index in [2.05, 4.69) is 0 Å². The van der Waals surface area contributed by atoms with Gasteiger partial charge >= 0.3 is 5.97 Å². The van der Waals surface area contributed by atoms with Crippen LogP contribution in [0, 0.1) is 5.92 Å². The Balaban J connectivity index is 2.27. The lowest BCUT2D eigenvalue weighted by Gasteiger charge is -2.25. The first-order valence-electron chi connectivity index (χ1n) is 5.18. The Bertz CT molecular complexity index is 181. The largest absolute Gasteiger partial charge is 0.465 e. The summed E-state index contributed by atoms with van der Waals surface area (Å²) in [7, 11) is 0. The lowest BCUT2D eigenvalue weighted by Crippen LogP contribution is -2.38. The highest BCUT2D eigenvalue weighted by atomic mass is 16.5. The Morgan fingerprint density at radius 1 is 1.64 bits per heavy atom. The maximum Gasteiger partial charge on any atom is 0.313 e. The third-order valence-electron chi connectivity index (χ3n) is 2.36. The van der Waals surface area contributed by atoms with Gasteiger partial charge < -0.3 is 14.6 Å². The van der Waals surface area contributed by atoms with Crippen molar-refractivity contribution in [3.05, 3.63) is 0 Å². The summed E-state index contributed by atoms with van der Waals surface area (Å²) in [6, 6.07) is 0. The molecule has 0 aromatic heterocycles. The van der Waals surface area contributed by atoms with Gasteiger partial charge in [-0.25, -0.2) is 0 Å². The normalized spacial score (nSPS) is 27.3. The fraction of sp³-hybridized carbons (Fsp3) is 0.900. The number of aliphatic hydroxyl groups is 1. The smallest absolute Gasteiger partial charge is 0.313 e. The van der Waals surface area contributed by atoms with E-state index in [1.54, 1.807) is 0 Å². The Labute approximate surface area is 84.2 Å². The van der Waals surface area contributed by atoms with Crippen LogP contribution < -0.4 is 0 Å². The van der Waals surface area contributed by atoms with E-state index in [1.165, 1.54) is 0 Å². The predicted molar refractivity (Wildman–Crippen MR) is 50.8 cm³/mol. The van der Waals surface area contributed by atoms with Gasteiger partial charge in [0.1, 0.15) is 5.92 Å². The molecule has 0 radical (unpaired) electrons. The average Bonchev–Trinajstić information content (AvgIpc) is 2.18. The van der Waals surface area contributed by atoms with Gasteiger partial charge in [-0.1, -0.05) is 13.3 Å². The average molecular weight is 202 g/mol. The van der Waals surface area contributed by atoms with Gasteiger partial charge in [-0.2, -0.15) is 0 Å². The quantitative estimate of drug-likeness (QED) is 0.539. The fourth-order valence-electron chi connectivity index (χ4n) is 1.38. The molecule has 0 aliphatic carbocycles. The molecule has 82 valence electrons. The zero-order valence-electron chi connectivity index (χ0n) is 8.57. The molecule has 1 rings (SSSR count). The van der Waals surface area contributed by atoms with Gasteiger partial charge in [0.15, 0.2) is 0 Å². The SMILES string of the molecule is CCCCOC(=O)C1COCCC1O. The standard InChI is InChI=1S/C10H18O4/c1-2-3-5-14-10(12)8-7-13-6-4-9(8)11/h8-9,11H,2-7H2,1H3. The van der Waals surface area contributed by atoms with Crippen LogP contribution in [0.25, 0.3) is 0 Å². The number of rotatable bonds is 4. The second kappa shape index (κ2) is 5.98. The highest BCUT2D eigenvalue weighted by molar-refractivity contribution is 5.73. The molecule has 1 heterocycles. The second-order valence-electron chi connectivity index (χ2n) is 3.56. The summed E-state index contributed by atoms with van der Waals surface area (Å²) in [5.74, 6) is -0.814. The molecule has 0 saturated carbocycles. The summed E-state index contributed by atoms with van der Waals surface area (Å²) in [5.41, 5.74) is 0. The maximum atomic E-state index is 11.4. The van der Waals surface area contributed by atoms with E-state index in [0.717, 1.165) is 12.8 Å². The van der Waals surface area contributed by atoms with Crippen molar-refractivity contribution in [1.29, 1.82) is 0 Å². The monoisotopic (exact) mass is 202 g/mol. The van der Waals surface area contributed by atoms with E-state index in [9.17, 15) is 9.90 Å². The summed E-state index contributed by atoms with van der Waals surface area (Å²) in [4.78, 5) is 11.4. The molecule has 0 aromatic rings. The van der Waals surface area contributed by atoms with Crippen molar-refractivity contribution in [2.75, 3.05) is 19.8 Å². The molecular formula is C10H18O4. The van der Waals surface area contributed by atoms with Crippen LogP contribution in [-0.4, -0.2) is 37.0 Å². The van der Waals surface area contributed by atoms with Crippen LogP contribution in [0.2, 0.25) is 0 Å². The van der Waals surface area contributed by atoms with E-state index in [1.807, 2.05) is 6.92 Å². The van der Waals surface area contributed by atoms with Crippen molar-refractivity contribution in [2.45, 2.75) is 32.3 Å². The third-order valence-corrected chi connectivity index (χ3v) is 2.36. The summed E-state index contributed by atoms with van der Waals surface area (Å²) in [6.07, 6.45) is 1.79.